The van der Waals surface area contributed by atoms with Gasteiger partial charge in [-0.15, -0.1) is 0 Å². The van der Waals surface area contributed by atoms with Crippen molar-refractivity contribution in [2.45, 2.75) is 132 Å². The van der Waals surface area contributed by atoms with Gasteiger partial charge in [-0.1, -0.05) is 74.7 Å². The van der Waals surface area contributed by atoms with Gasteiger partial charge in [0, 0.05) is 5.41 Å². The van der Waals surface area contributed by atoms with Gasteiger partial charge in [0.15, 0.2) is 0 Å². The zero-order valence-corrected chi connectivity index (χ0v) is 22.2. The first kappa shape index (κ1) is 24.1. The normalized spacial score (nSPS) is 49.9. The lowest BCUT2D eigenvalue weighted by Gasteiger charge is -2.67. The Morgan fingerprint density at radius 3 is 2.10 bits per heavy atom. The first-order valence-electron chi connectivity index (χ1n) is 14.0. The van der Waals surface area contributed by atoms with Crippen molar-refractivity contribution >= 4 is 0 Å². The van der Waals surface area contributed by atoms with Crippen LogP contribution in [0.1, 0.15) is 126 Å². The van der Waals surface area contributed by atoms with E-state index in [-0.39, 0.29) is 11.5 Å². The van der Waals surface area contributed by atoms with Gasteiger partial charge in [0.2, 0.25) is 0 Å². The summed E-state index contributed by atoms with van der Waals surface area (Å²) in [6, 6.07) is 0. The Hall–Kier alpha value is -0.0400. The molecule has 0 spiro atoms. The summed E-state index contributed by atoms with van der Waals surface area (Å²) in [6.45, 7) is 20.1. The number of hydrogen-bond acceptors (Lipinski definition) is 0. The summed E-state index contributed by atoms with van der Waals surface area (Å²) < 4.78 is 0. The Morgan fingerprint density at radius 1 is 0.742 bits per heavy atom. The van der Waals surface area contributed by atoms with E-state index in [2.05, 4.69) is 55.4 Å². The third-order valence-corrected chi connectivity index (χ3v) is 12.5. The molecular formula is C30H53O. The van der Waals surface area contributed by atoms with Crippen molar-refractivity contribution in [3.63, 3.8) is 0 Å². The molecule has 0 heterocycles. The Morgan fingerprint density at radius 2 is 1.42 bits per heavy atom. The summed E-state index contributed by atoms with van der Waals surface area (Å²) in [5.41, 5.74) is 1.31. The molecule has 0 N–H and O–H groups in total. The lowest BCUT2D eigenvalue weighted by Crippen LogP contribution is -2.63. The maximum atomic E-state index is 13.6. The SMILES string of the molecule is CC(C)CCC[C@@H](C)[C@H]1CC[C@@]2(C)C3CC[C@H]4C(C)(C)CCC([O])[C@]4(C)C3CC[C@]12C. The van der Waals surface area contributed by atoms with E-state index in [1.807, 2.05) is 0 Å². The van der Waals surface area contributed by atoms with Gasteiger partial charge in [-0.05, 0) is 103 Å². The first-order chi connectivity index (χ1) is 14.4. The quantitative estimate of drug-likeness (QED) is 0.415. The zero-order chi connectivity index (χ0) is 22.8. The Balaban J connectivity index is 1.58. The van der Waals surface area contributed by atoms with Gasteiger partial charge >= 0.3 is 0 Å². The summed E-state index contributed by atoms with van der Waals surface area (Å²) in [7, 11) is 0. The van der Waals surface area contributed by atoms with Crippen molar-refractivity contribution < 1.29 is 5.11 Å². The van der Waals surface area contributed by atoms with E-state index in [0.717, 1.165) is 36.5 Å². The highest BCUT2D eigenvalue weighted by molar-refractivity contribution is 5.16. The van der Waals surface area contributed by atoms with E-state index >= 15 is 0 Å². The van der Waals surface area contributed by atoms with Crippen LogP contribution >= 0.6 is 0 Å². The third-order valence-electron chi connectivity index (χ3n) is 12.5. The molecule has 31 heavy (non-hydrogen) atoms. The maximum Gasteiger partial charge on any atom is 0.0989 e. The lowest BCUT2D eigenvalue weighted by atomic mass is 9.37. The Kier molecular flexibility index (Phi) is 6.24. The second-order valence-electron chi connectivity index (χ2n) is 14.5. The molecule has 0 bridgehead atoms. The predicted octanol–water partition coefficient (Wildman–Crippen LogP) is 8.93. The topological polar surface area (TPSA) is 19.9 Å². The Bertz CT molecular complexity index is 651. The van der Waals surface area contributed by atoms with Gasteiger partial charge in [0.25, 0.3) is 0 Å². The summed E-state index contributed by atoms with van der Waals surface area (Å²) in [5.74, 6) is 4.67. The zero-order valence-electron chi connectivity index (χ0n) is 22.2. The van der Waals surface area contributed by atoms with Gasteiger partial charge < -0.3 is 0 Å². The number of rotatable bonds is 5. The lowest BCUT2D eigenvalue weighted by molar-refractivity contribution is -0.228. The van der Waals surface area contributed by atoms with Crippen molar-refractivity contribution in [3.05, 3.63) is 0 Å². The molecule has 0 aliphatic heterocycles. The van der Waals surface area contributed by atoms with E-state index < -0.39 is 0 Å². The average molecular weight is 430 g/mol. The van der Waals surface area contributed by atoms with E-state index in [1.54, 1.807) is 0 Å². The van der Waals surface area contributed by atoms with Crippen LogP contribution in [0.25, 0.3) is 0 Å². The van der Waals surface area contributed by atoms with E-state index in [1.165, 1.54) is 57.8 Å². The second-order valence-corrected chi connectivity index (χ2v) is 14.5. The van der Waals surface area contributed by atoms with E-state index in [4.69, 9.17) is 0 Å². The maximum absolute atomic E-state index is 13.6. The van der Waals surface area contributed by atoms with Crippen LogP contribution in [0.2, 0.25) is 0 Å². The Labute approximate surface area is 194 Å². The molecule has 4 rings (SSSR count). The average Bonchev–Trinajstić information content (AvgIpc) is 2.96. The fourth-order valence-corrected chi connectivity index (χ4v) is 10.5. The molecule has 4 aliphatic carbocycles. The minimum Gasteiger partial charge on any atom is -0.232 e. The van der Waals surface area contributed by atoms with Crippen molar-refractivity contribution in [1.82, 2.24) is 0 Å². The van der Waals surface area contributed by atoms with Gasteiger partial charge in [0.05, 0.1) is 6.10 Å². The largest absolute Gasteiger partial charge is 0.232 e. The van der Waals surface area contributed by atoms with Crippen molar-refractivity contribution in [1.29, 1.82) is 0 Å². The van der Waals surface area contributed by atoms with Gasteiger partial charge in [-0.2, -0.15) is 0 Å². The van der Waals surface area contributed by atoms with E-state index in [0.29, 0.717) is 28.1 Å². The van der Waals surface area contributed by atoms with Gasteiger partial charge in [-0.3, -0.25) is 0 Å². The van der Waals surface area contributed by atoms with Crippen molar-refractivity contribution in [2.75, 3.05) is 0 Å². The fourth-order valence-electron chi connectivity index (χ4n) is 10.5. The molecule has 0 amide bonds. The summed E-state index contributed by atoms with van der Waals surface area (Å²) in [5, 5.41) is 13.6. The first-order valence-corrected chi connectivity index (χ1v) is 14.0. The van der Waals surface area contributed by atoms with Gasteiger partial charge in [-0.25, -0.2) is 5.11 Å². The van der Waals surface area contributed by atoms with Crippen LogP contribution in [-0.2, 0) is 5.11 Å². The summed E-state index contributed by atoms with van der Waals surface area (Å²) >= 11 is 0. The molecule has 4 saturated carbocycles. The second kappa shape index (κ2) is 8.02. The molecule has 1 heteroatoms. The molecule has 9 atom stereocenters. The van der Waals surface area contributed by atoms with Gasteiger partial charge in [0.1, 0.15) is 0 Å². The minimum atomic E-state index is -0.335. The van der Waals surface area contributed by atoms with Crippen LogP contribution in [0, 0.1) is 57.2 Å². The molecule has 1 nitrogen and oxygen atoms in total. The molecule has 4 aliphatic rings. The number of hydrogen-bond donors (Lipinski definition) is 0. The highest BCUT2D eigenvalue weighted by Crippen LogP contribution is 2.74. The standard InChI is InChI=1S/C30H53O/c1-20(2)10-9-11-21(3)22-14-18-29(7)23-12-13-25-27(4,5)17-16-26(31)30(25,8)24(23)15-19-28(22,29)6/h20-26H,9-19H2,1-8H3/t21-,22-,23?,24?,25+,26?,28-,29+,30-/m1/s1. The minimum absolute atomic E-state index is 0.0238. The molecule has 4 fully saturated rings. The van der Waals surface area contributed by atoms with Crippen LogP contribution in [0.15, 0.2) is 0 Å². The predicted molar refractivity (Wildman–Crippen MR) is 131 cm³/mol. The van der Waals surface area contributed by atoms with Crippen LogP contribution in [0.3, 0.4) is 0 Å². The van der Waals surface area contributed by atoms with Crippen LogP contribution in [-0.4, -0.2) is 6.10 Å². The fraction of sp³-hybridized carbons (Fsp3) is 1.00. The molecule has 1 radical (unpaired) electrons. The van der Waals surface area contributed by atoms with Crippen molar-refractivity contribution in [3.8, 4) is 0 Å². The molecule has 0 aromatic rings. The highest BCUT2D eigenvalue weighted by atomic mass is 16.3. The van der Waals surface area contributed by atoms with Crippen LogP contribution in [0.5, 0.6) is 0 Å². The molecule has 0 aromatic carbocycles. The molecule has 179 valence electrons. The monoisotopic (exact) mass is 429 g/mol. The van der Waals surface area contributed by atoms with Crippen LogP contribution < -0.4 is 0 Å². The summed E-state index contributed by atoms with van der Waals surface area (Å²) in [4.78, 5) is 0. The molecule has 3 unspecified atom stereocenters. The van der Waals surface area contributed by atoms with E-state index in [9.17, 15) is 5.11 Å². The highest BCUT2D eigenvalue weighted by Gasteiger charge is 2.68. The molecule has 0 saturated heterocycles. The van der Waals surface area contributed by atoms with Crippen LogP contribution in [0.4, 0.5) is 0 Å². The smallest absolute Gasteiger partial charge is 0.0989 e. The number of fused-ring (bicyclic) bond motifs is 5. The third kappa shape index (κ3) is 3.49. The molecular weight excluding hydrogens is 376 g/mol. The molecule has 0 aromatic heterocycles. The van der Waals surface area contributed by atoms with Crippen molar-refractivity contribution in [2.24, 2.45) is 57.2 Å². The summed E-state index contributed by atoms with van der Waals surface area (Å²) in [6.07, 6.45) is 14.2.